The van der Waals surface area contributed by atoms with Crippen LogP contribution in [0.1, 0.15) is 59.0 Å². The van der Waals surface area contributed by atoms with Crippen LogP contribution in [-0.2, 0) is 44.9 Å². The Balaban J connectivity index is 0.941. The van der Waals surface area contributed by atoms with Gasteiger partial charge in [0.25, 0.3) is 17.7 Å². The lowest BCUT2D eigenvalue weighted by molar-refractivity contribution is -0.146. The number of anilines is 2. The number of carbonyl (C=O) groups excluding carboxylic acids is 6. The quantitative estimate of drug-likeness (QED) is 0.0253. The fourth-order valence-corrected chi connectivity index (χ4v) is 8.95. The summed E-state index contributed by atoms with van der Waals surface area (Å²) in [5.74, 6) is -8.53. The van der Waals surface area contributed by atoms with Crippen LogP contribution in [0.3, 0.4) is 0 Å². The zero-order valence-corrected chi connectivity index (χ0v) is 45.0. The summed E-state index contributed by atoms with van der Waals surface area (Å²) in [6.45, 7) is 2.57. The summed E-state index contributed by atoms with van der Waals surface area (Å²) >= 11 is 0. The number of likely N-dealkylation sites (tertiary alicyclic amines) is 1. The number of ether oxygens (including phenoxy) is 1. The number of esters is 1. The lowest BCUT2D eigenvalue weighted by Gasteiger charge is -2.32. The summed E-state index contributed by atoms with van der Waals surface area (Å²) in [5.41, 5.74) is 7.33. The van der Waals surface area contributed by atoms with Crippen molar-refractivity contribution in [3.05, 3.63) is 77.6 Å². The number of nitrogens with two attached hydrogens (primary N) is 1. The Kier molecular flexibility index (Phi) is 23.2. The number of fused-ring (bicyclic) bond motifs is 1. The Morgan fingerprint density at radius 1 is 0.659 bits per heavy atom. The molecule has 4 heterocycles. The minimum Gasteiger partial charge on any atom is -0.480 e. The number of hydrogen-bond donors (Lipinski definition) is 10. The Bertz CT molecular complexity index is 2910. The highest BCUT2D eigenvalue weighted by atomic mass is 16.5. The van der Waals surface area contributed by atoms with E-state index in [-0.39, 0.29) is 146 Å². The number of carboxylic acid groups (broad SMARTS) is 4. The molecular formula is C52H67N15O15. The van der Waals surface area contributed by atoms with Crippen LogP contribution < -0.4 is 37.1 Å². The van der Waals surface area contributed by atoms with Crippen molar-refractivity contribution in [2.45, 2.75) is 57.3 Å². The predicted octanol–water partition coefficient (Wildman–Crippen LogP) is -2.00. The molecule has 0 radical (unpaired) electrons. The third-order valence-corrected chi connectivity index (χ3v) is 13.2. The number of aromatic nitrogens is 4. The van der Waals surface area contributed by atoms with Crippen molar-refractivity contribution in [3.8, 4) is 5.88 Å². The molecule has 2 aromatic carbocycles. The fourth-order valence-electron chi connectivity index (χ4n) is 8.95. The smallest absolute Gasteiger partial charge is 0.335 e. The van der Waals surface area contributed by atoms with E-state index < -0.39 is 77.5 Å². The molecule has 3 atom stereocenters. The normalized spacial score (nSPS) is 16.5. The van der Waals surface area contributed by atoms with Gasteiger partial charge in [0, 0.05) is 95.2 Å². The van der Waals surface area contributed by atoms with Crippen LogP contribution in [0.2, 0.25) is 0 Å². The maximum atomic E-state index is 13.6. The number of carbonyl (C=O) groups is 10. The van der Waals surface area contributed by atoms with E-state index in [2.05, 4.69) is 46.5 Å². The Hall–Kier alpha value is -9.00. The molecule has 6 rings (SSSR count). The van der Waals surface area contributed by atoms with Crippen molar-refractivity contribution in [1.82, 2.24) is 65.7 Å². The first-order chi connectivity index (χ1) is 39.2. The van der Waals surface area contributed by atoms with Crippen molar-refractivity contribution >= 4 is 82.2 Å². The van der Waals surface area contributed by atoms with Crippen LogP contribution in [0.4, 0.5) is 11.6 Å². The molecule has 2 aliphatic heterocycles. The van der Waals surface area contributed by atoms with Gasteiger partial charge in [-0.2, -0.15) is 9.97 Å². The number of rotatable bonds is 25. The first kappa shape index (κ1) is 62.2. The molecular weight excluding hydrogens is 1070 g/mol. The predicted molar refractivity (Wildman–Crippen MR) is 290 cm³/mol. The van der Waals surface area contributed by atoms with Crippen LogP contribution in [0.5, 0.6) is 5.88 Å². The minimum absolute atomic E-state index is 0.00217. The molecule has 5 amide bonds. The van der Waals surface area contributed by atoms with Crippen molar-refractivity contribution in [1.29, 1.82) is 0 Å². The van der Waals surface area contributed by atoms with E-state index in [4.69, 9.17) is 10.5 Å². The van der Waals surface area contributed by atoms with E-state index in [1.54, 1.807) is 62.1 Å². The molecule has 0 saturated carbocycles. The average Bonchev–Trinajstić information content (AvgIpc) is 4.02. The number of hydrogen-bond acceptors (Lipinski definition) is 21. The Labute approximate surface area is 469 Å². The summed E-state index contributed by atoms with van der Waals surface area (Å²) in [6, 6.07) is 11.1. The standard InChI is InChI=1S/C52H67N15O15/c1-32(58-46(76)33-6-3-2-4-7-33)49(78)67-17-5-8-38(67)51(81)82-48-44-45(61-52(53)62-48)57-27-36(59-44)26-56-35-11-9-34(10-12-35)47(77)60-37(50(79)80)13-14-39(68)54-15-16-55-40(69)28-63-18-20-64(29-41(70)71)22-24-66(31-43(74)75)25-23-65(21-19-63)30-42(72)73/h2-4,6-7,9-12,27,32,37-38,56H,5,8,13-26,28-31H2,1H3,(H,54,68)(H,55,69)(H,58,76)(H,60,77)(H,70,71)(H,72,73)(H,74,75)(H,79,80)(H2,53,57,61,62)/t32-,37+,38+/m1/s1. The van der Waals surface area contributed by atoms with Gasteiger partial charge in [-0.15, -0.1) is 0 Å². The lowest BCUT2D eigenvalue weighted by Crippen LogP contribution is -2.51. The molecule has 11 N–H and O–H groups in total. The third kappa shape index (κ3) is 19.7. The third-order valence-electron chi connectivity index (χ3n) is 13.2. The highest BCUT2D eigenvalue weighted by Crippen LogP contribution is 2.25. The zero-order chi connectivity index (χ0) is 59.3. The largest absolute Gasteiger partial charge is 0.480 e. The van der Waals surface area contributed by atoms with Gasteiger partial charge in [0.2, 0.25) is 23.7 Å². The van der Waals surface area contributed by atoms with Crippen molar-refractivity contribution < 1.29 is 73.1 Å². The molecule has 0 bridgehead atoms. The van der Waals surface area contributed by atoms with Gasteiger partial charge in [0.15, 0.2) is 11.2 Å². The van der Waals surface area contributed by atoms with Gasteiger partial charge in [0.1, 0.15) is 18.1 Å². The van der Waals surface area contributed by atoms with Crippen molar-refractivity contribution in [2.75, 3.05) is 109 Å². The summed E-state index contributed by atoms with van der Waals surface area (Å²) in [5, 5.41) is 51.7. The summed E-state index contributed by atoms with van der Waals surface area (Å²) in [6.07, 6.45) is 1.67. The Morgan fingerprint density at radius 3 is 1.76 bits per heavy atom. The topological polar surface area (TPSA) is 415 Å². The monoisotopic (exact) mass is 1140 g/mol. The minimum atomic E-state index is -1.44. The first-order valence-corrected chi connectivity index (χ1v) is 26.3. The van der Waals surface area contributed by atoms with Gasteiger partial charge in [-0.25, -0.2) is 19.6 Å². The molecule has 30 heteroatoms. The van der Waals surface area contributed by atoms with Crippen LogP contribution in [-0.4, -0.2) is 241 Å². The highest BCUT2D eigenvalue weighted by Gasteiger charge is 2.38. The second-order valence-corrected chi connectivity index (χ2v) is 19.4. The molecule has 2 aliphatic rings. The molecule has 0 aliphatic carbocycles. The lowest BCUT2D eigenvalue weighted by atomic mass is 10.1. The van der Waals surface area contributed by atoms with Gasteiger partial charge in [-0.1, -0.05) is 18.2 Å². The maximum Gasteiger partial charge on any atom is 0.335 e. The van der Waals surface area contributed by atoms with Crippen LogP contribution >= 0.6 is 0 Å². The molecule has 440 valence electrons. The van der Waals surface area contributed by atoms with Crippen LogP contribution in [0.15, 0.2) is 60.8 Å². The second kappa shape index (κ2) is 30.5. The van der Waals surface area contributed by atoms with E-state index >= 15 is 0 Å². The zero-order valence-electron chi connectivity index (χ0n) is 45.0. The molecule has 2 saturated heterocycles. The number of carboxylic acids is 4. The number of nitrogens with one attached hydrogen (secondary N) is 5. The van der Waals surface area contributed by atoms with Gasteiger partial charge in [0.05, 0.1) is 44.6 Å². The van der Waals surface area contributed by atoms with E-state index in [1.807, 2.05) is 0 Å². The van der Waals surface area contributed by atoms with Crippen molar-refractivity contribution in [2.24, 2.45) is 0 Å². The van der Waals surface area contributed by atoms with E-state index in [0.717, 1.165) is 0 Å². The van der Waals surface area contributed by atoms with E-state index in [1.165, 1.54) is 30.2 Å². The summed E-state index contributed by atoms with van der Waals surface area (Å²) in [7, 11) is 0. The molecule has 82 heavy (non-hydrogen) atoms. The Morgan fingerprint density at radius 2 is 1.20 bits per heavy atom. The number of benzene rings is 2. The number of aliphatic carboxylic acids is 4. The number of nitrogens with zero attached hydrogens (tertiary/aromatic N) is 9. The maximum absolute atomic E-state index is 13.6. The molecule has 30 nitrogen and oxygen atoms in total. The van der Waals surface area contributed by atoms with Crippen molar-refractivity contribution in [3.63, 3.8) is 0 Å². The van der Waals surface area contributed by atoms with Gasteiger partial charge < -0.3 is 62.4 Å². The number of amides is 5. The first-order valence-electron chi connectivity index (χ1n) is 26.3. The summed E-state index contributed by atoms with van der Waals surface area (Å²) in [4.78, 5) is 150. The number of nitrogen functional groups attached to an aromatic ring is 1. The molecule has 4 aromatic rings. The second-order valence-electron chi connectivity index (χ2n) is 19.4. The van der Waals surface area contributed by atoms with Crippen LogP contribution in [0.25, 0.3) is 11.2 Å². The van der Waals surface area contributed by atoms with Gasteiger partial charge >= 0.3 is 29.8 Å². The summed E-state index contributed by atoms with van der Waals surface area (Å²) < 4.78 is 5.70. The molecule has 0 spiro atoms. The molecule has 2 fully saturated rings. The van der Waals surface area contributed by atoms with Crippen LogP contribution in [0, 0.1) is 0 Å². The highest BCUT2D eigenvalue weighted by molar-refractivity contribution is 5.99. The van der Waals surface area contributed by atoms with E-state index in [0.29, 0.717) is 29.8 Å². The SMILES string of the molecule is C[C@@H](NC(=O)c1ccccc1)C(=O)N1CCC[C@H]1C(=O)Oc1nc(N)nc2ncc(CNc3ccc(C(=O)N[C@@H](CCC(=O)NCCNC(=O)CN4CCN(CC(=O)O)CCN(CC(=O)O)CCN(CC(=O)O)CC4)C(=O)O)cc3)nc12. The van der Waals surface area contributed by atoms with Gasteiger partial charge in [-0.05, 0) is 62.6 Å². The molecule has 2 aromatic heterocycles. The van der Waals surface area contributed by atoms with E-state index in [9.17, 15) is 68.4 Å². The van der Waals surface area contributed by atoms with Gasteiger partial charge in [-0.3, -0.25) is 58.0 Å². The fraction of sp³-hybridized carbons (Fsp3) is 0.462. The average molecular weight is 1140 g/mol. The molecule has 0 unspecified atom stereocenters.